The molecule has 2 atom stereocenters. The molecule has 0 aliphatic carbocycles. The number of amides is 1. The van der Waals surface area contributed by atoms with Gasteiger partial charge in [0.2, 0.25) is 5.91 Å². The highest BCUT2D eigenvalue weighted by Crippen LogP contribution is 2.38. The van der Waals surface area contributed by atoms with Crippen molar-refractivity contribution in [3.05, 3.63) is 29.8 Å². The minimum atomic E-state index is -1.16. The van der Waals surface area contributed by atoms with Crippen LogP contribution < -0.4 is 9.84 Å². The van der Waals surface area contributed by atoms with Crippen molar-refractivity contribution in [1.82, 2.24) is 4.90 Å². The smallest absolute Gasteiger partial charge is 0.223 e. The molecule has 1 saturated heterocycles. The van der Waals surface area contributed by atoms with E-state index < -0.39 is 17.9 Å². The Hall–Kier alpha value is -2.04. The Morgan fingerprint density at radius 2 is 2.05 bits per heavy atom. The van der Waals surface area contributed by atoms with E-state index in [1.165, 1.54) is 0 Å². The number of carbonyl (C=O) groups is 2. The number of aliphatic carboxylic acids is 1. The summed E-state index contributed by atoms with van der Waals surface area (Å²) in [5.41, 5.74) is 0.812. The summed E-state index contributed by atoms with van der Waals surface area (Å²) in [5.74, 6) is -1.36. The van der Waals surface area contributed by atoms with Crippen LogP contribution in [-0.4, -0.2) is 30.4 Å². The first-order valence-electron chi connectivity index (χ1n) is 7.22. The molecule has 1 aliphatic heterocycles. The summed E-state index contributed by atoms with van der Waals surface area (Å²) in [4.78, 5) is 25.1. The topological polar surface area (TPSA) is 69.7 Å². The van der Waals surface area contributed by atoms with Crippen molar-refractivity contribution in [3.63, 3.8) is 0 Å². The second kappa shape index (κ2) is 6.61. The number of unbranched alkanes of at least 4 members (excludes halogenated alkanes) is 1. The maximum atomic E-state index is 12.1. The van der Waals surface area contributed by atoms with Crippen LogP contribution in [0.5, 0.6) is 5.75 Å². The maximum Gasteiger partial charge on any atom is 0.223 e. The number of methoxy groups -OCH3 is 1. The van der Waals surface area contributed by atoms with Crippen LogP contribution in [0.4, 0.5) is 0 Å². The number of nitrogens with zero attached hydrogens (tertiary/aromatic N) is 1. The van der Waals surface area contributed by atoms with E-state index in [1.54, 1.807) is 24.1 Å². The standard InChI is InChI=1S/C16H21NO4/c1-3-4-9-17-14(18)10-13(16(19)20)15(17)11-5-7-12(21-2)8-6-11/h5-8,13,15H,3-4,9-10H2,1-2H3,(H,19,20)/p-1/t13-,15+/m1/s1. The molecule has 21 heavy (non-hydrogen) atoms. The molecule has 0 aromatic heterocycles. The number of carbonyl (C=O) groups excluding carboxylic acids is 2. The molecule has 5 heteroatoms. The van der Waals surface area contributed by atoms with Gasteiger partial charge >= 0.3 is 0 Å². The van der Waals surface area contributed by atoms with Crippen LogP contribution in [0.25, 0.3) is 0 Å². The highest BCUT2D eigenvalue weighted by Gasteiger charge is 2.40. The lowest BCUT2D eigenvalue weighted by Gasteiger charge is -2.29. The van der Waals surface area contributed by atoms with E-state index in [0.29, 0.717) is 12.3 Å². The van der Waals surface area contributed by atoms with E-state index in [0.717, 1.165) is 18.4 Å². The molecule has 0 unspecified atom stereocenters. The SMILES string of the molecule is CCCCN1C(=O)C[C@@H](C(=O)[O-])[C@@H]1c1ccc(OC)cc1. The monoisotopic (exact) mass is 290 g/mol. The summed E-state index contributed by atoms with van der Waals surface area (Å²) in [7, 11) is 1.58. The van der Waals surface area contributed by atoms with Crippen molar-refractivity contribution >= 4 is 11.9 Å². The predicted molar refractivity (Wildman–Crippen MR) is 75.5 cm³/mol. The third kappa shape index (κ3) is 3.17. The lowest BCUT2D eigenvalue weighted by Crippen LogP contribution is -2.36. The molecule has 1 aromatic carbocycles. The molecule has 0 N–H and O–H groups in total. The van der Waals surface area contributed by atoms with E-state index in [-0.39, 0.29) is 12.3 Å². The summed E-state index contributed by atoms with van der Waals surface area (Å²) < 4.78 is 5.11. The number of carboxylic acid groups (broad SMARTS) is 1. The number of rotatable bonds is 6. The molecule has 1 amide bonds. The van der Waals surface area contributed by atoms with E-state index >= 15 is 0 Å². The Bertz CT molecular complexity index is 512. The molecule has 0 saturated carbocycles. The number of ether oxygens (including phenoxy) is 1. The summed E-state index contributed by atoms with van der Waals surface area (Å²) in [6.07, 6.45) is 1.83. The Morgan fingerprint density at radius 1 is 1.38 bits per heavy atom. The van der Waals surface area contributed by atoms with Gasteiger partial charge in [0.25, 0.3) is 0 Å². The van der Waals surface area contributed by atoms with Crippen molar-refractivity contribution in [3.8, 4) is 5.75 Å². The molecule has 1 heterocycles. The zero-order chi connectivity index (χ0) is 15.4. The van der Waals surface area contributed by atoms with Gasteiger partial charge in [-0.15, -0.1) is 0 Å². The van der Waals surface area contributed by atoms with Crippen LogP contribution in [0.2, 0.25) is 0 Å². The van der Waals surface area contributed by atoms with E-state index in [2.05, 4.69) is 0 Å². The number of carboxylic acids is 1. The highest BCUT2D eigenvalue weighted by molar-refractivity contribution is 5.86. The molecule has 114 valence electrons. The largest absolute Gasteiger partial charge is 0.550 e. The molecule has 0 bridgehead atoms. The first kappa shape index (κ1) is 15.4. The van der Waals surface area contributed by atoms with E-state index in [4.69, 9.17) is 4.74 Å². The molecule has 1 fully saturated rings. The van der Waals surface area contributed by atoms with Crippen molar-refractivity contribution in [2.24, 2.45) is 5.92 Å². The van der Waals surface area contributed by atoms with Crippen molar-refractivity contribution < 1.29 is 19.4 Å². The van der Waals surface area contributed by atoms with Crippen molar-refractivity contribution in [2.75, 3.05) is 13.7 Å². The van der Waals surface area contributed by atoms with Gasteiger partial charge in [0, 0.05) is 24.9 Å². The molecule has 2 rings (SSSR count). The van der Waals surface area contributed by atoms with Gasteiger partial charge in [0.05, 0.1) is 13.2 Å². The zero-order valence-corrected chi connectivity index (χ0v) is 12.4. The maximum absolute atomic E-state index is 12.1. The summed E-state index contributed by atoms with van der Waals surface area (Å²) in [6, 6.07) is 6.75. The van der Waals surface area contributed by atoms with Crippen molar-refractivity contribution in [2.45, 2.75) is 32.2 Å². The molecule has 5 nitrogen and oxygen atoms in total. The van der Waals surface area contributed by atoms with Gasteiger partial charge in [-0.2, -0.15) is 0 Å². The third-order valence-electron chi connectivity index (χ3n) is 3.94. The second-order valence-electron chi connectivity index (χ2n) is 5.29. The van der Waals surface area contributed by atoms with Gasteiger partial charge in [-0.3, -0.25) is 4.79 Å². The average molecular weight is 290 g/mol. The van der Waals surface area contributed by atoms with E-state index in [9.17, 15) is 14.7 Å². The summed E-state index contributed by atoms with van der Waals surface area (Å²) in [6.45, 7) is 2.62. The van der Waals surface area contributed by atoms with Gasteiger partial charge in [-0.25, -0.2) is 0 Å². The predicted octanol–water partition coefficient (Wildman–Crippen LogP) is 1.13. The van der Waals surface area contributed by atoms with Crippen LogP contribution in [0, 0.1) is 5.92 Å². The molecule has 0 radical (unpaired) electrons. The Kier molecular flexibility index (Phi) is 4.83. The number of benzene rings is 1. The van der Waals surface area contributed by atoms with Crippen LogP contribution in [0.3, 0.4) is 0 Å². The minimum Gasteiger partial charge on any atom is -0.550 e. The molecule has 1 aliphatic rings. The van der Waals surface area contributed by atoms with Crippen LogP contribution in [-0.2, 0) is 9.59 Å². The third-order valence-corrected chi connectivity index (χ3v) is 3.94. The summed E-state index contributed by atoms with van der Waals surface area (Å²) in [5, 5.41) is 11.4. The van der Waals surface area contributed by atoms with Gasteiger partial charge in [0.15, 0.2) is 0 Å². The molecule has 0 spiro atoms. The van der Waals surface area contributed by atoms with Gasteiger partial charge in [-0.05, 0) is 24.1 Å². The van der Waals surface area contributed by atoms with Crippen molar-refractivity contribution in [1.29, 1.82) is 0 Å². The average Bonchev–Trinajstić information content (AvgIpc) is 2.82. The Balaban J connectivity index is 2.31. The van der Waals surface area contributed by atoms with Gasteiger partial charge in [-0.1, -0.05) is 25.5 Å². The number of likely N-dealkylation sites (tertiary alicyclic amines) is 1. The lowest BCUT2D eigenvalue weighted by molar-refractivity contribution is -0.312. The zero-order valence-electron chi connectivity index (χ0n) is 12.4. The quantitative estimate of drug-likeness (QED) is 0.787. The first-order valence-corrected chi connectivity index (χ1v) is 7.22. The van der Waals surface area contributed by atoms with Crippen LogP contribution >= 0.6 is 0 Å². The number of hydrogen-bond acceptors (Lipinski definition) is 4. The normalized spacial score (nSPS) is 21.6. The molecular formula is C16H20NO4-. The number of hydrogen-bond donors (Lipinski definition) is 0. The van der Waals surface area contributed by atoms with Crippen LogP contribution in [0.1, 0.15) is 37.8 Å². The highest BCUT2D eigenvalue weighted by atomic mass is 16.5. The second-order valence-corrected chi connectivity index (χ2v) is 5.29. The summed E-state index contributed by atoms with van der Waals surface area (Å²) >= 11 is 0. The Labute approximate surface area is 124 Å². The Morgan fingerprint density at radius 3 is 2.57 bits per heavy atom. The lowest BCUT2D eigenvalue weighted by atomic mass is 9.93. The van der Waals surface area contributed by atoms with Gasteiger partial charge in [0.1, 0.15) is 5.75 Å². The van der Waals surface area contributed by atoms with Gasteiger partial charge < -0.3 is 19.5 Å². The first-order chi connectivity index (χ1) is 10.1. The fraction of sp³-hybridized carbons (Fsp3) is 0.500. The molecule has 1 aromatic rings. The fourth-order valence-corrected chi connectivity index (χ4v) is 2.81. The fourth-order valence-electron chi connectivity index (χ4n) is 2.81. The van der Waals surface area contributed by atoms with Crippen LogP contribution in [0.15, 0.2) is 24.3 Å². The molecular weight excluding hydrogens is 270 g/mol. The van der Waals surface area contributed by atoms with E-state index in [1.807, 2.05) is 19.1 Å². The minimum absolute atomic E-state index is 0.0166.